The van der Waals surface area contributed by atoms with Crippen molar-refractivity contribution >= 4 is 11.9 Å². The molecule has 0 aromatic carbocycles. The molecule has 16 heavy (non-hydrogen) atoms. The highest BCUT2D eigenvalue weighted by Crippen LogP contribution is 2.48. The molecule has 5 nitrogen and oxygen atoms in total. The maximum Gasteiger partial charge on any atom is 0.312 e. The molecule has 0 radical (unpaired) electrons. The Morgan fingerprint density at radius 2 is 1.88 bits per heavy atom. The number of carbonyl (C=O) groups is 2. The second kappa shape index (κ2) is 3.90. The summed E-state index contributed by atoms with van der Waals surface area (Å²) in [6.07, 6.45) is 3.23. The third-order valence-electron chi connectivity index (χ3n) is 3.30. The minimum Gasteiger partial charge on any atom is -0.481 e. The van der Waals surface area contributed by atoms with E-state index in [-0.39, 0.29) is 11.8 Å². The van der Waals surface area contributed by atoms with Crippen molar-refractivity contribution in [1.82, 2.24) is 0 Å². The van der Waals surface area contributed by atoms with Gasteiger partial charge in [-0.15, -0.1) is 0 Å². The molecule has 0 aromatic rings. The highest BCUT2D eigenvalue weighted by Gasteiger charge is 2.52. The van der Waals surface area contributed by atoms with Crippen molar-refractivity contribution in [3.05, 3.63) is 12.2 Å². The molecule has 0 spiro atoms. The van der Waals surface area contributed by atoms with Crippen LogP contribution < -0.4 is 0 Å². The number of ether oxygens (including phenoxy) is 1. The molecule has 0 aromatic heterocycles. The molecule has 2 aliphatic carbocycles. The molecular weight excluding hydrogens is 212 g/mol. The Balaban J connectivity index is 2.16. The quantitative estimate of drug-likeness (QED) is 0.413. The van der Waals surface area contributed by atoms with Gasteiger partial charge in [0.2, 0.25) is 0 Å². The van der Waals surface area contributed by atoms with Crippen molar-refractivity contribution in [2.75, 3.05) is 0 Å². The van der Waals surface area contributed by atoms with Gasteiger partial charge in [0.05, 0.1) is 11.8 Å². The minimum absolute atomic E-state index is 0.0580. The van der Waals surface area contributed by atoms with Gasteiger partial charge in [0.25, 0.3) is 0 Å². The topological polar surface area (TPSA) is 83.8 Å². The molecule has 0 aliphatic heterocycles. The molecule has 2 rings (SSSR count). The monoisotopic (exact) mass is 226 g/mol. The van der Waals surface area contributed by atoms with Crippen LogP contribution in [-0.2, 0) is 14.3 Å². The lowest BCUT2D eigenvalue weighted by Crippen LogP contribution is -2.35. The van der Waals surface area contributed by atoms with Crippen LogP contribution in [0.2, 0.25) is 0 Å². The van der Waals surface area contributed by atoms with E-state index in [1.54, 1.807) is 0 Å². The average Bonchev–Trinajstić information content (AvgIpc) is 2.74. The number of aliphatic hydroxyl groups is 1. The Kier molecular flexibility index (Phi) is 2.71. The Morgan fingerprint density at radius 3 is 2.38 bits per heavy atom. The number of carbonyl (C=O) groups excluding carboxylic acids is 1. The molecule has 0 amide bonds. The van der Waals surface area contributed by atoms with Gasteiger partial charge in [-0.05, 0) is 25.2 Å². The number of esters is 1. The largest absolute Gasteiger partial charge is 0.481 e. The van der Waals surface area contributed by atoms with Gasteiger partial charge in [-0.2, -0.15) is 0 Å². The van der Waals surface area contributed by atoms with E-state index in [4.69, 9.17) is 10.2 Å². The van der Waals surface area contributed by atoms with Crippen LogP contribution in [0.25, 0.3) is 0 Å². The number of aliphatic hydroxyl groups excluding tert-OH is 1. The van der Waals surface area contributed by atoms with Gasteiger partial charge < -0.3 is 14.9 Å². The predicted molar refractivity (Wildman–Crippen MR) is 53.1 cm³/mol. The van der Waals surface area contributed by atoms with Crippen LogP contribution in [0, 0.1) is 23.7 Å². The number of allylic oxidation sites excluding steroid dienone is 2. The van der Waals surface area contributed by atoms with Gasteiger partial charge in [-0.25, -0.2) is 0 Å². The van der Waals surface area contributed by atoms with E-state index in [0.29, 0.717) is 6.42 Å². The van der Waals surface area contributed by atoms with Crippen molar-refractivity contribution < 1.29 is 24.5 Å². The molecule has 0 heterocycles. The number of rotatable bonds is 3. The summed E-state index contributed by atoms with van der Waals surface area (Å²) in [7, 11) is 0. The molecule has 5 atom stereocenters. The number of carboxylic acid groups (broad SMARTS) is 1. The number of hydrogen-bond donors (Lipinski definition) is 2. The molecule has 0 saturated heterocycles. The molecular formula is C11H14O5. The first-order valence-corrected chi connectivity index (χ1v) is 5.30. The lowest BCUT2D eigenvalue weighted by molar-refractivity contribution is -0.175. The highest BCUT2D eigenvalue weighted by molar-refractivity contribution is 5.83. The van der Waals surface area contributed by atoms with E-state index in [9.17, 15) is 9.59 Å². The SMILES string of the molecule is CC(O)OC(=O)C1C2C=CC(C2)C1C(=O)O. The maximum atomic E-state index is 11.7. The molecule has 2 bridgehead atoms. The first kappa shape index (κ1) is 11.1. The van der Waals surface area contributed by atoms with Crippen molar-refractivity contribution in [2.24, 2.45) is 23.7 Å². The molecule has 5 unspecified atom stereocenters. The zero-order chi connectivity index (χ0) is 11.9. The van der Waals surface area contributed by atoms with Crippen LogP contribution in [0.4, 0.5) is 0 Å². The van der Waals surface area contributed by atoms with E-state index < -0.39 is 30.1 Å². The lowest BCUT2D eigenvalue weighted by atomic mass is 9.83. The van der Waals surface area contributed by atoms with Crippen LogP contribution in [-0.4, -0.2) is 28.4 Å². The summed E-state index contributed by atoms with van der Waals surface area (Å²) in [4.78, 5) is 22.8. The van der Waals surface area contributed by atoms with E-state index in [2.05, 4.69) is 4.74 Å². The lowest BCUT2D eigenvalue weighted by Gasteiger charge is -2.23. The second-order valence-electron chi connectivity index (χ2n) is 4.37. The van der Waals surface area contributed by atoms with E-state index in [0.717, 1.165) is 0 Å². The predicted octanol–water partition coefficient (Wildman–Crippen LogP) is 0.391. The van der Waals surface area contributed by atoms with Crippen molar-refractivity contribution in [3.63, 3.8) is 0 Å². The third kappa shape index (κ3) is 1.71. The first-order chi connectivity index (χ1) is 7.50. The fourth-order valence-corrected chi connectivity index (χ4v) is 2.73. The summed E-state index contributed by atoms with van der Waals surface area (Å²) in [5.74, 6) is -3.07. The average molecular weight is 226 g/mol. The Labute approximate surface area is 92.7 Å². The minimum atomic E-state index is -1.19. The Hall–Kier alpha value is -1.36. The first-order valence-electron chi connectivity index (χ1n) is 5.30. The number of fused-ring (bicyclic) bond motifs is 2. The Morgan fingerprint density at radius 1 is 1.31 bits per heavy atom. The normalized spacial score (nSPS) is 37.4. The van der Waals surface area contributed by atoms with Gasteiger partial charge >= 0.3 is 11.9 Å². The summed E-state index contributed by atoms with van der Waals surface area (Å²) in [6.45, 7) is 1.33. The van der Waals surface area contributed by atoms with E-state index >= 15 is 0 Å². The standard InChI is InChI=1S/C11H14O5/c1-5(12)16-11(15)9-7-3-2-6(4-7)8(9)10(13)14/h2-3,5-9,12H,4H2,1H3,(H,13,14). The second-order valence-corrected chi connectivity index (χ2v) is 4.37. The summed E-state index contributed by atoms with van der Waals surface area (Å²) in [6, 6.07) is 0. The van der Waals surface area contributed by atoms with Gasteiger partial charge in [0.15, 0.2) is 6.29 Å². The summed E-state index contributed by atoms with van der Waals surface area (Å²) >= 11 is 0. The maximum absolute atomic E-state index is 11.7. The molecule has 88 valence electrons. The number of carboxylic acids is 1. The van der Waals surface area contributed by atoms with Crippen LogP contribution in [0.3, 0.4) is 0 Å². The van der Waals surface area contributed by atoms with E-state index in [1.165, 1.54) is 6.92 Å². The zero-order valence-corrected chi connectivity index (χ0v) is 8.87. The van der Waals surface area contributed by atoms with Gasteiger partial charge in [0.1, 0.15) is 0 Å². The Bertz CT molecular complexity index is 346. The number of hydrogen-bond acceptors (Lipinski definition) is 4. The molecule has 1 fully saturated rings. The van der Waals surface area contributed by atoms with Crippen LogP contribution in [0.1, 0.15) is 13.3 Å². The summed E-state index contributed by atoms with van der Waals surface area (Å²) < 4.78 is 4.69. The van der Waals surface area contributed by atoms with Gasteiger partial charge in [0, 0.05) is 0 Å². The fourth-order valence-electron chi connectivity index (χ4n) is 2.73. The molecule has 5 heteroatoms. The van der Waals surface area contributed by atoms with Crippen LogP contribution >= 0.6 is 0 Å². The highest BCUT2D eigenvalue weighted by atomic mass is 16.6. The molecule has 2 N–H and O–H groups in total. The molecule has 1 saturated carbocycles. The van der Waals surface area contributed by atoms with Crippen LogP contribution in [0.15, 0.2) is 12.2 Å². The summed E-state index contributed by atoms with van der Waals surface area (Å²) in [5.41, 5.74) is 0. The van der Waals surface area contributed by atoms with Gasteiger partial charge in [-0.3, -0.25) is 9.59 Å². The van der Waals surface area contributed by atoms with E-state index in [1.807, 2.05) is 12.2 Å². The molecule has 2 aliphatic rings. The van der Waals surface area contributed by atoms with Crippen molar-refractivity contribution in [3.8, 4) is 0 Å². The third-order valence-corrected chi connectivity index (χ3v) is 3.30. The smallest absolute Gasteiger partial charge is 0.312 e. The van der Waals surface area contributed by atoms with Crippen molar-refractivity contribution in [1.29, 1.82) is 0 Å². The van der Waals surface area contributed by atoms with Crippen molar-refractivity contribution in [2.45, 2.75) is 19.6 Å². The summed E-state index contributed by atoms with van der Waals surface area (Å²) in [5, 5.41) is 18.1. The zero-order valence-electron chi connectivity index (χ0n) is 8.87. The van der Waals surface area contributed by atoms with Crippen LogP contribution in [0.5, 0.6) is 0 Å². The fraction of sp³-hybridized carbons (Fsp3) is 0.636. The number of aliphatic carboxylic acids is 1. The van der Waals surface area contributed by atoms with Gasteiger partial charge in [-0.1, -0.05) is 12.2 Å².